The van der Waals surface area contributed by atoms with Crippen molar-refractivity contribution in [2.75, 3.05) is 5.32 Å². The van der Waals surface area contributed by atoms with Crippen LogP contribution in [0.5, 0.6) is 0 Å². The van der Waals surface area contributed by atoms with E-state index in [2.05, 4.69) is 72.1 Å². The molecule has 2 aliphatic rings. The number of hydrogen-bond donors (Lipinski definition) is 2. The summed E-state index contributed by atoms with van der Waals surface area (Å²) in [5.74, 6) is 0.457. The zero-order valence-electron chi connectivity index (χ0n) is 16.8. The summed E-state index contributed by atoms with van der Waals surface area (Å²) in [5, 5.41) is 14.2. The zero-order valence-corrected chi connectivity index (χ0v) is 17.6. The summed E-state index contributed by atoms with van der Waals surface area (Å²) >= 11 is 0. The van der Waals surface area contributed by atoms with Crippen LogP contribution in [0, 0.1) is 5.92 Å². The van der Waals surface area contributed by atoms with E-state index in [-0.39, 0.29) is 16.9 Å². The normalized spacial score (nSPS) is 22.3. The van der Waals surface area contributed by atoms with Crippen molar-refractivity contribution in [3.05, 3.63) is 96.1 Å². The lowest BCUT2D eigenvalue weighted by Gasteiger charge is -2.38. The first-order valence-corrected chi connectivity index (χ1v) is 12.1. The molecule has 1 aliphatic heterocycles. The van der Waals surface area contributed by atoms with Gasteiger partial charge in [0.15, 0.2) is 0 Å². The van der Waals surface area contributed by atoms with E-state index >= 15 is 0 Å². The monoisotopic (exact) mass is 426 g/mol. The van der Waals surface area contributed by atoms with Gasteiger partial charge >= 0.3 is 0 Å². The van der Waals surface area contributed by atoms with Crippen molar-refractivity contribution < 1.29 is 8.42 Å². The maximum Gasteiger partial charge on any atom is 0.238 e. The van der Waals surface area contributed by atoms with E-state index in [1.165, 1.54) is 27.1 Å². The lowest BCUT2D eigenvalue weighted by Crippen LogP contribution is -2.29. The predicted octanol–water partition coefficient (Wildman–Crippen LogP) is 5.47. The second kappa shape index (κ2) is 6.67. The molecule has 3 N–H and O–H groups in total. The van der Waals surface area contributed by atoms with Gasteiger partial charge in [-0.15, -0.1) is 0 Å². The molecular formula is C26H22N2O2S. The van der Waals surface area contributed by atoms with E-state index in [4.69, 9.17) is 5.14 Å². The van der Waals surface area contributed by atoms with E-state index in [1.54, 1.807) is 12.1 Å². The summed E-state index contributed by atoms with van der Waals surface area (Å²) in [6.07, 6.45) is 5.38. The van der Waals surface area contributed by atoms with Gasteiger partial charge in [0.1, 0.15) is 0 Å². The Morgan fingerprint density at radius 3 is 2.23 bits per heavy atom. The summed E-state index contributed by atoms with van der Waals surface area (Å²) in [7, 11) is -3.74. The van der Waals surface area contributed by atoms with Gasteiger partial charge in [-0.2, -0.15) is 0 Å². The maximum absolute atomic E-state index is 11.9. The Balaban J connectivity index is 1.59. The van der Waals surface area contributed by atoms with Gasteiger partial charge < -0.3 is 5.32 Å². The SMILES string of the molecule is NS(=O)(=O)c1ccc2c(c1)C1C=CCC1C(c1c3ccccc3cc3ccccc13)N2. The number of primary sulfonamides is 1. The molecule has 1 aliphatic carbocycles. The van der Waals surface area contributed by atoms with Crippen LogP contribution in [0.15, 0.2) is 89.8 Å². The fourth-order valence-electron chi connectivity index (χ4n) is 5.42. The smallest absolute Gasteiger partial charge is 0.238 e. The second-order valence-corrected chi connectivity index (χ2v) is 10.1. The summed E-state index contributed by atoms with van der Waals surface area (Å²) in [6.45, 7) is 0. The summed E-state index contributed by atoms with van der Waals surface area (Å²) in [6, 6.07) is 24.7. The molecule has 0 radical (unpaired) electrons. The Labute approximate surface area is 181 Å². The van der Waals surface area contributed by atoms with Crippen LogP contribution in [-0.4, -0.2) is 8.42 Å². The van der Waals surface area contributed by atoms with Crippen LogP contribution in [0.4, 0.5) is 5.69 Å². The van der Waals surface area contributed by atoms with Crippen molar-refractivity contribution >= 4 is 37.3 Å². The Hall–Kier alpha value is -3.15. The van der Waals surface area contributed by atoms with Gasteiger partial charge in [-0.3, -0.25) is 0 Å². The van der Waals surface area contributed by atoms with Crippen molar-refractivity contribution in [2.45, 2.75) is 23.3 Å². The van der Waals surface area contributed by atoms with Crippen molar-refractivity contribution in [1.29, 1.82) is 0 Å². The van der Waals surface area contributed by atoms with E-state index in [0.717, 1.165) is 17.7 Å². The number of nitrogens with two attached hydrogens (primary N) is 1. The highest BCUT2D eigenvalue weighted by Crippen LogP contribution is 2.52. The number of anilines is 1. The lowest BCUT2D eigenvalue weighted by molar-refractivity contribution is 0.428. The molecule has 5 heteroatoms. The Morgan fingerprint density at radius 1 is 0.871 bits per heavy atom. The summed E-state index contributed by atoms with van der Waals surface area (Å²) in [5.41, 5.74) is 3.29. The third-order valence-corrected chi connectivity index (χ3v) is 7.70. The molecule has 6 rings (SSSR count). The molecule has 1 heterocycles. The topological polar surface area (TPSA) is 72.2 Å². The highest BCUT2D eigenvalue weighted by atomic mass is 32.2. The highest BCUT2D eigenvalue weighted by molar-refractivity contribution is 7.89. The van der Waals surface area contributed by atoms with Gasteiger partial charge in [-0.05, 0) is 69.3 Å². The summed E-state index contributed by atoms with van der Waals surface area (Å²) in [4.78, 5) is 0.168. The van der Waals surface area contributed by atoms with Gasteiger partial charge in [-0.25, -0.2) is 13.6 Å². The quantitative estimate of drug-likeness (QED) is 0.330. The van der Waals surface area contributed by atoms with E-state index in [9.17, 15) is 8.42 Å². The third kappa shape index (κ3) is 2.88. The van der Waals surface area contributed by atoms with Crippen LogP contribution in [0.1, 0.15) is 29.5 Å². The first-order chi connectivity index (χ1) is 15.0. The molecule has 0 bridgehead atoms. The van der Waals surface area contributed by atoms with Crippen molar-refractivity contribution in [3.63, 3.8) is 0 Å². The molecule has 154 valence electrons. The van der Waals surface area contributed by atoms with E-state index in [0.29, 0.717) is 5.92 Å². The second-order valence-electron chi connectivity index (χ2n) is 8.50. The van der Waals surface area contributed by atoms with Crippen molar-refractivity contribution in [1.82, 2.24) is 0 Å². The molecule has 31 heavy (non-hydrogen) atoms. The van der Waals surface area contributed by atoms with Gasteiger partial charge in [0.25, 0.3) is 0 Å². The molecule has 0 fully saturated rings. The molecule has 4 aromatic rings. The van der Waals surface area contributed by atoms with Crippen LogP contribution < -0.4 is 10.5 Å². The fraction of sp³-hybridized carbons (Fsp3) is 0.154. The number of rotatable bonds is 2. The van der Waals surface area contributed by atoms with Gasteiger partial charge in [0.2, 0.25) is 10.0 Å². The van der Waals surface area contributed by atoms with Gasteiger partial charge in [-0.1, -0.05) is 60.7 Å². The Kier molecular flexibility index (Phi) is 4.01. The molecule has 4 aromatic carbocycles. The first kappa shape index (κ1) is 18.6. The molecule has 0 saturated carbocycles. The van der Waals surface area contributed by atoms with Crippen molar-refractivity contribution in [2.24, 2.45) is 11.1 Å². The van der Waals surface area contributed by atoms with Crippen LogP contribution in [0.3, 0.4) is 0 Å². The first-order valence-electron chi connectivity index (χ1n) is 10.5. The van der Waals surface area contributed by atoms with Gasteiger partial charge in [0, 0.05) is 11.6 Å². The molecule has 0 spiro atoms. The highest BCUT2D eigenvalue weighted by Gasteiger charge is 2.39. The Bertz CT molecular complexity index is 1440. The lowest BCUT2D eigenvalue weighted by atomic mass is 9.75. The number of nitrogens with one attached hydrogen (secondary N) is 1. The molecular weight excluding hydrogens is 404 g/mol. The van der Waals surface area contributed by atoms with Gasteiger partial charge in [0.05, 0.1) is 10.9 Å². The average Bonchev–Trinajstić information content (AvgIpc) is 3.26. The number of hydrogen-bond acceptors (Lipinski definition) is 3. The molecule has 0 amide bonds. The molecule has 4 nitrogen and oxygen atoms in total. The van der Waals surface area contributed by atoms with Crippen LogP contribution in [0.25, 0.3) is 21.5 Å². The zero-order chi connectivity index (χ0) is 21.2. The minimum Gasteiger partial charge on any atom is -0.378 e. The van der Waals surface area contributed by atoms with Crippen molar-refractivity contribution in [3.8, 4) is 0 Å². The number of benzene rings is 4. The largest absolute Gasteiger partial charge is 0.378 e. The van der Waals surface area contributed by atoms with Crippen LogP contribution in [-0.2, 0) is 10.0 Å². The molecule has 3 atom stereocenters. The molecule has 0 saturated heterocycles. The predicted molar refractivity (Wildman–Crippen MR) is 126 cm³/mol. The summed E-state index contributed by atoms with van der Waals surface area (Å²) < 4.78 is 23.9. The average molecular weight is 427 g/mol. The molecule has 3 unspecified atom stereocenters. The Morgan fingerprint density at radius 2 is 1.55 bits per heavy atom. The van der Waals surface area contributed by atoms with E-state index < -0.39 is 10.0 Å². The third-order valence-electron chi connectivity index (χ3n) is 6.79. The maximum atomic E-state index is 11.9. The number of fused-ring (bicyclic) bond motifs is 5. The number of sulfonamides is 1. The standard InChI is InChI=1S/C26H22N2O2S/c27-31(29,30)18-12-13-24-23(15-18)21-10-5-11-22(21)26(28-24)25-19-8-3-1-6-16(19)14-17-7-2-4-9-20(17)25/h1-10,12-15,21-22,26,28H,11H2,(H2,27,29,30). The van der Waals surface area contributed by atoms with Crippen LogP contribution in [0.2, 0.25) is 0 Å². The molecule has 0 aromatic heterocycles. The minimum atomic E-state index is -3.74. The van der Waals surface area contributed by atoms with E-state index in [1.807, 2.05) is 6.07 Å². The number of allylic oxidation sites excluding steroid dienone is 2. The fourth-order valence-corrected chi connectivity index (χ4v) is 5.97. The van der Waals surface area contributed by atoms with Crippen LogP contribution >= 0.6 is 0 Å². The minimum absolute atomic E-state index is 0.115.